The van der Waals surface area contributed by atoms with Crippen LogP contribution in [0.2, 0.25) is 0 Å². The molecule has 3 heteroatoms. The summed E-state index contributed by atoms with van der Waals surface area (Å²) in [5.41, 5.74) is 0. The maximum Gasteiger partial charge on any atom is 0.345 e. The molecule has 0 atom stereocenters. The Morgan fingerprint density at radius 1 is 1.33 bits per heavy atom. The largest absolute Gasteiger partial charge is 0.345 e. The molecule has 0 aliphatic carbocycles. The lowest BCUT2D eigenvalue weighted by Crippen LogP contribution is -2.32. The molecule has 1 aliphatic rings. The first kappa shape index (κ1) is 9.85. The normalized spacial score (nSPS) is 18.8. The predicted molar refractivity (Wildman–Crippen MR) is 53.0 cm³/mol. The van der Waals surface area contributed by atoms with Gasteiger partial charge in [-0.3, -0.25) is 0 Å². The SMILES string of the molecule is CC(C)N1CC[N+](C(C)C)=C1Cl. The molecule has 0 fully saturated rings. The number of hydrogen-bond donors (Lipinski definition) is 0. The van der Waals surface area contributed by atoms with Crippen molar-refractivity contribution in [1.29, 1.82) is 0 Å². The fourth-order valence-electron chi connectivity index (χ4n) is 1.51. The topological polar surface area (TPSA) is 6.25 Å². The van der Waals surface area contributed by atoms with Crippen molar-refractivity contribution in [1.82, 2.24) is 4.90 Å². The molecule has 0 radical (unpaired) electrons. The van der Waals surface area contributed by atoms with E-state index in [4.69, 9.17) is 11.6 Å². The van der Waals surface area contributed by atoms with Crippen LogP contribution in [-0.4, -0.2) is 39.9 Å². The van der Waals surface area contributed by atoms with E-state index in [-0.39, 0.29) is 0 Å². The molecule has 1 heterocycles. The molecule has 0 aromatic carbocycles. The van der Waals surface area contributed by atoms with Crippen molar-refractivity contribution in [3.8, 4) is 0 Å². The van der Waals surface area contributed by atoms with Crippen LogP contribution < -0.4 is 0 Å². The molecule has 0 aromatic rings. The fraction of sp³-hybridized carbons (Fsp3) is 0.889. The minimum absolute atomic E-state index is 0.515. The van der Waals surface area contributed by atoms with Gasteiger partial charge in [0.2, 0.25) is 0 Å². The Balaban J connectivity index is 2.76. The van der Waals surface area contributed by atoms with Crippen molar-refractivity contribution in [3.05, 3.63) is 0 Å². The zero-order chi connectivity index (χ0) is 9.30. The Hall–Kier alpha value is -0.240. The van der Waals surface area contributed by atoms with Gasteiger partial charge >= 0.3 is 5.29 Å². The highest BCUT2D eigenvalue weighted by Crippen LogP contribution is 2.11. The van der Waals surface area contributed by atoms with Crippen LogP contribution in [0.15, 0.2) is 0 Å². The molecule has 0 N–H and O–H groups in total. The first-order valence-corrected chi connectivity index (χ1v) is 4.97. The molecule has 0 spiro atoms. The minimum atomic E-state index is 0.515. The lowest BCUT2D eigenvalue weighted by atomic mass is 10.3. The van der Waals surface area contributed by atoms with Gasteiger partial charge in [-0.2, -0.15) is 0 Å². The Labute approximate surface area is 79.8 Å². The van der Waals surface area contributed by atoms with Gasteiger partial charge in [0.25, 0.3) is 0 Å². The maximum atomic E-state index is 6.20. The molecule has 70 valence electrons. The second kappa shape index (κ2) is 3.65. The van der Waals surface area contributed by atoms with E-state index in [1.165, 1.54) is 0 Å². The zero-order valence-corrected chi connectivity index (χ0v) is 9.10. The van der Waals surface area contributed by atoms with Crippen molar-refractivity contribution in [2.45, 2.75) is 39.8 Å². The van der Waals surface area contributed by atoms with Crippen molar-refractivity contribution in [2.24, 2.45) is 0 Å². The first-order valence-electron chi connectivity index (χ1n) is 4.59. The van der Waals surface area contributed by atoms with E-state index in [1.807, 2.05) is 0 Å². The summed E-state index contributed by atoms with van der Waals surface area (Å²) in [4.78, 5) is 2.24. The van der Waals surface area contributed by atoms with Gasteiger partial charge in [-0.1, -0.05) is 0 Å². The van der Waals surface area contributed by atoms with E-state index in [9.17, 15) is 0 Å². The van der Waals surface area contributed by atoms with E-state index in [2.05, 4.69) is 37.2 Å². The number of nitrogens with zero attached hydrogens (tertiary/aromatic N) is 2. The average molecular weight is 190 g/mol. The number of hydrogen-bond acceptors (Lipinski definition) is 1. The molecule has 0 amide bonds. The summed E-state index contributed by atoms with van der Waals surface area (Å²) >= 11 is 6.20. The molecular formula is C9H18ClN2+. The lowest BCUT2D eigenvalue weighted by Gasteiger charge is -2.13. The molecule has 12 heavy (non-hydrogen) atoms. The molecule has 0 unspecified atom stereocenters. The molecule has 0 saturated carbocycles. The molecule has 0 aromatic heterocycles. The third kappa shape index (κ3) is 1.74. The zero-order valence-electron chi connectivity index (χ0n) is 8.34. The average Bonchev–Trinajstić information content (AvgIpc) is 2.30. The maximum absolute atomic E-state index is 6.20. The number of halogens is 1. The van der Waals surface area contributed by atoms with E-state index < -0.39 is 0 Å². The highest BCUT2D eigenvalue weighted by Gasteiger charge is 2.31. The third-order valence-electron chi connectivity index (χ3n) is 2.30. The van der Waals surface area contributed by atoms with Crippen LogP contribution in [0, 0.1) is 0 Å². The smallest absolute Gasteiger partial charge is 0.245 e. The summed E-state index contributed by atoms with van der Waals surface area (Å²) in [6.45, 7) is 10.8. The Morgan fingerprint density at radius 3 is 2.17 bits per heavy atom. The summed E-state index contributed by atoms with van der Waals surface area (Å²) in [5.74, 6) is 0. The molecule has 0 saturated heterocycles. The van der Waals surface area contributed by atoms with Gasteiger partial charge in [-0.05, 0) is 27.7 Å². The number of amidine groups is 1. The van der Waals surface area contributed by atoms with E-state index >= 15 is 0 Å². The van der Waals surface area contributed by atoms with Crippen molar-refractivity contribution in [2.75, 3.05) is 13.1 Å². The summed E-state index contributed by atoms with van der Waals surface area (Å²) < 4.78 is 2.24. The molecule has 1 rings (SSSR count). The summed E-state index contributed by atoms with van der Waals surface area (Å²) in [6.07, 6.45) is 0. The van der Waals surface area contributed by atoms with Crippen molar-refractivity contribution < 1.29 is 4.58 Å². The summed E-state index contributed by atoms with van der Waals surface area (Å²) in [7, 11) is 0. The van der Waals surface area contributed by atoms with Crippen LogP contribution in [0.25, 0.3) is 0 Å². The highest BCUT2D eigenvalue weighted by atomic mass is 35.5. The van der Waals surface area contributed by atoms with Gasteiger partial charge in [0.05, 0.1) is 12.1 Å². The van der Waals surface area contributed by atoms with Crippen molar-refractivity contribution in [3.63, 3.8) is 0 Å². The Bertz CT molecular complexity index is 197. The Kier molecular flexibility index (Phi) is 2.99. The van der Waals surface area contributed by atoms with Crippen LogP contribution in [0.3, 0.4) is 0 Å². The minimum Gasteiger partial charge on any atom is -0.245 e. The second-order valence-electron chi connectivity index (χ2n) is 3.84. The van der Waals surface area contributed by atoms with E-state index in [0.717, 1.165) is 18.4 Å². The van der Waals surface area contributed by atoms with Gasteiger partial charge < -0.3 is 0 Å². The standard InChI is InChI=1S/C9H18ClN2/c1-7(2)11-5-6-12(8(3)4)9(11)10/h7-8H,5-6H2,1-4H3/q+1. The van der Waals surface area contributed by atoms with Crippen molar-refractivity contribution >= 4 is 16.9 Å². The van der Waals surface area contributed by atoms with Gasteiger partial charge in [0, 0.05) is 11.6 Å². The second-order valence-corrected chi connectivity index (χ2v) is 4.18. The quantitative estimate of drug-likeness (QED) is 0.474. The predicted octanol–water partition coefficient (Wildman–Crippen LogP) is 1.73. The fourth-order valence-corrected chi connectivity index (χ4v) is 2.07. The molecule has 1 aliphatic heterocycles. The highest BCUT2D eigenvalue weighted by molar-refractivity contribution is 6.63. The summed E-state index contributed by atoms with van der Waals surface area (Å²) in [5, 5.41) is 0.917. The Morgan fingerprint density at radius 2 is 1.92 bits per heavy atom. The van der Waals surface area contributed by atoms with Crippen LogP contribution >= 0.6 is 11.6 Å². The van der Waals surface area contributed by atoms with Gasteiger partial charge in [-0.25, -0.2) is 9.48 Å². The van der Waals surface area contributed by atoms with Gasteiger partial charge in [0.1, 0.15) is 13.1 Å². The molecular weight excluding hydrogens is 172 g/mol. The lowest BCUT2D eigenvalue weighted by molar-refractivity contribution is -0.547. The van der Waals surface area contributed by atoms with E-state index in [1.54, 1.807) is 0 Å². The van der Waals surface area contributed by atoms with E-state index in [0.29, 0.717) is 12.1 Å². The number of rotatable bonds is 2. The molecule has 0 bridgehead atoms. The van der Waals surface area contributed by atoms with Crippen LogP contribution in [0.4, 0.5) is 0 Å². The first-order chi connectivity index (χ1) is 5.54. The van der Waals surface area contributed by atoms with Crippen LogP contribution in [-0.2, 0) is 0 Å². The van der Waals surface area contributed by atoms with Gasteiger partial charge in [0.15, 0.2) is 0 Å². The van der Waals surface area contributed by atoms with Gasteiger partial charge in [-0.15, -0.1) is 0 Å². The monoisotopic (exact) mass is 189 g/mol. The van der Waals surface area contributed by atoms with Crippen LogP contribution in [0.1, 0.15) is 27.7 Å². The molecule has 2 nitrogen and oxygen atoms in total. The third-order valence-corrected chi connectivity index (χ3v) is 2.74. The van der Waals surface area contributed by atoms with Crippen LogP contribution in [0.5, 0.6) is 0 Å². The summed E-state index contributed by atoms with van der Waals surface area (Å²) in [6, 6.07) is 1.03.